The molecular weight excluding hydrogens is 278 g/mol. The Bertz CT molecular complexity index is 665. The number of aliphatic hydroxyl groups is 1. The first-order valence-corrected chi connectivity index (χ1v) is 7.15. The van der Waals surface area contributed by atoms with Crippen LogP contribution in [0.15, 0.2) is 48.8 Å². The van der Waals surface area contributed by atoms with Crippen molar-refractivity contribution in [3.05, 3.63) is 71.1 Å². The first kappa shape index (κ1) is 15.9. The lowest BCUT2D eigenvalue weighted by molar-refractivity contribution is -0.137. The van der Waals surface area contributed by atoms with Gasteiger partial charge >= 0.3 is 5.97 Å². The van der Waals surface area contributed by atoms with E-state index in [2.05, 4.69) is 4.98 Å². The van der Waals surface area contributed by atoms with E-state index in [0.717, 1.165) is 22.3 Å². The van der Waals surface area contributed by atoms with Crippen LogP contribution in [-0.4, -0.2) is 22.7 Å². The number of hydrogen-bond acceptors (Lipinski definition) is 4. The van der Waals surface area contributed by atoms with Crippen LogP contribution < -0.4 is 0 Å². The van der Waals surface area contributed by atoms with Crippen molar-refractivity contribution in [2.24, 2.45) is 0 Å². The number of aliphatic hydroxyl groups excluding tert-OH is 1. The first-order valence-electron chi connectivity index (χ1n) is 7.15. The number of ether oxygens (including phenoxy) is 1. The number of aromatic nitrogens is 1. The van der Waals surface area contributed by atoms with Crippen LogP contribution in [0.2, 0.25) is 0 Å². The van der Waals surface area contributed by atoms with Crippen molar-refractivity contribution in [3.63, 3.8) is 0 Å². The minimum atomic E-state index is -0.711. The maximum Gasteiger partial charge on any atom is 0.330 e. The van der Waals surface area contributed by atoms with Crippen molar-refractivity contribution >= 4 is 12.0 Å². The molecule has 1 heterocycles. The number of nitrogens with zero attached hydrogens (tertiary/aromatic N) is 1. The molecule has 2 rings (SSSR count). The summed E-state index contributed by atoms with van der Waals surface area (Å²) in [6, 6.07) is 9.27. The fourth-order valence-corrected chi connectivity index (χ4v) is 2.18. The zero-order valence-corrected chi connectivity index (χ0v) is 12.7. The molecule has 0 fully saturated rings. The molecule has 0 saturated heterocycles. The van der Waals surface area contributed by atoms with Gasteiger partial charge in [-0.2, -0.15) is 0 Å². The summed E-state index contributed by atoms with van der Waals surface area (Å²) in [6.07, 6.45) is 5.71. The number of esters is 1. The van der Waals surface area contributed by atoms with Crippen LogP contribution in [0.4, 0.5) is 0 Å². The second kappa shape index (κ2) is 7.52. The number of benzene rings is 1. The molecule has 0 aliphatic rings. The van der Waals surface area contributed by atoms with Crippen LogP contribution in [0.5, 0.6) is 0 Å². The van der Waals surface area contributed by atoms with E-state index in [1.54, 1.807) is 31.5 Å². The van der Waals surface area contributed by atoms with E-state index < -0.39 is 6.10 Å². The van der Waals surface area contributed by atoms with Gasteiger partial charge in [0.2, 0.25) is 0 Å². The highest BCUT2D eigenvalue weighted by Crippen LogP contribution is 2.25. The Hall–Kier alpha value is -2.46. The molecule has 0 bridgehead atoms. The van der Waals surface area contributed by atoms with Crippen LogP contribution in [0.3, 0.4) is 0 Å². The molecular formula is C18H19NO3. The molecule has 1 aromatic carbocycles. The highest BCUT2D eigenvalue weighted by atomic mass is 16.5. The van der Waals surface area contributed by atoms with Gasteiger partial charge in [0.25, 0.3) is 0 Å². The van der Waals surface area contributed by atoms with Crippen LogP contribution in [0.25, 0.3) is 6.08 Å². The Morgan fingerprint density at radius 3 is 2.86 bits per heavy atom. The third-order valence-corrected chi connectivity index (χ3v) is 3.29. The molecule has 0 aliphatic carbocycles. The third-order valence-electron chi connectivity index (χ3n) is 3.29. The quantitative estimate of drug-likeness (QED) is 0.680. The fourth-order valence-electron chi connectivity index (χ4n) is 2.18. The summed E-state index contributed by atoms with van der Waals surface area (Å²) in [5.74, 6) is -0.361. The number of rotatable bonds is 5. The smallest absolute Gasteiger partial charge is 0.330 e. The summed E-state index contributed by atoms with van der Waals surface area (Å²) < 4.78 is 4.84. The van der Waals surface area contributed by atoms with Crippen LogP contribution in [0.1, 0.15) is 35.3 Å². The standard InChI is InChI=1S/C18H19NO3/c1-3-22-17(20)9-7-14-6-8-16(13(2)11-14)18(21)15-5-4-10-19-12-15/h4-12,18,21H,3H2,1-2H3. The Balaban J connectivity index is 2.18. The molecule has 1 atom stereocenters. The van der Waals surface area contributed by atoms with E-state index in [-0.39, 0.29) is 5.97 Å². The molecule has 0 spiro atoms. The molecule has 0 radical (unpaired) electrons. The molecule has 1 unspecified atom stereocenters. The topological polar surface area (TPSA) is 59.4 Å². The Labute approximate surface area is 130 Å². The average Bonchev–Trinajstić information content (AvgIpc) is 2.53. The minimum absolute atomic E-state index is 0.360. The number of carbonyl (C=O) groups is 1. The molecule has 1 N–H and O–H groups in total. The third kappa shape index (κ3) is 4.02. The van der Waals surface area contributed by atoms with Crippen molar-refractivity contribution in [1.29, 1.82) is 0 Å². The zero-order chi connectivity index (χ0) is 15.9. The van der Waals surface area contributed by atoms with Gasteiger partial charge in [0.1, 0.15) is 6.10 Å². The second-order valence-electron chi connectivity index (χ2n) is 4.89. The highest BCUT2D eigenvalue weighted by molar-refractivity contribution is 5.87. The summed E-state index contributed by atoms with van der Waals surface area (Å²) in [5, 5.41) is 10.4. The van der Waals surface area contributed by atoms with E-state index in [0.29, 0.717) is 6.61 Å². The van der Waals surface area contributed by atoms with Gasteiger partial charge in [-0.05, 0) is 42.7 Å². The van der Waals surface area contributed by atoms with Gasteiger partial charge in [0, 0.05) is 24.0 Å². The normalized spacial score (nSPS) is 12.3. The van der Waals surface area contributed by atoms with Gasteiger partial charge in [-0.1, -0.05) is 24.3 Å². The lowest BCUT2D eigenvalue weighted by atomic mass is 9.97. The van der Waals surface area contributed by atoms with Crippen LogP contribution >= 0.6 is 0 Å². The summed E-state index contributed by atoms with van der Waals surface area (Å²) in [7, 11) is 0. The summed E-state index contributed by atoms with van der Waals surface area (Å²) in [6.45, 7) is 4.06. The van der Waals surface area contributed by atoms with Gasteiger partial charge < -0.3 is 9.84 Å². The minimum Gasteiger partial charge on any atom is -0.463 e. The van der Waals surface area contributed by atoms with Crippen molar-refractivity contribution in [2.75, 3.05) is 6.61 Å². The SMILES string of the molecule is CCOC(=O)C=Cc1ccc(C(O)c2cccnc2)c(C)c1. The summed E-state index contributed by atoms with van der Waals surface area (Å²) in [5.41, 5.74) is 3.40. The second-order valence-corrected chi connectivity index (χ2v) is 4.89. The summed E-state index contributed by atoms with van der Waals surface area (Å²) >= 11 is 0. The predicted octanol–water partition coefficient (Wildman–Crippen LogP) is 3.05. The fraction of sp³-hybridized carbons (Fsp3) is 0.222. The van der Waals surface area contributed by atoms with E-state index in [9.17, 15) is 9.90 Å². The Morgan fingerprint density at radius 2 is 2.23 bits per heavy atom. The lowest BCUT2D eigenvalue weighted by Crippen LogP contribution is -2.02. The van der Waals surface area contributed by atoms with Crippen molar-refractivity contribution in [3.8, 4) is 0 Å². The Morgan fingerprint density at radius 1 is 1.41 bits per heavy atom. The molecule has 1 aromatic heterocycles. The van der Waals surface area contributed by atoms with Gasteiger partial charge in [-0.3, -0.25) is 4.98 Å². The maximum absolute atomic E-state index is 11.3. The largest absolute Gasteiger partial charge is 0.463 e. The monoisotopic (exact) mass is 297 g/mol. The maximum atomic E-state index is 11.3. The van der Waals surface area contributed by atoms with E-state index in [1.165, 1.54) is 6.08 Å². The molecule has 22 heavy (non-hydrogen) atoms. The first-order chi connectivity index (χ1) is 10.6. The molecule has 0 aliphatic heterocycles. The molecule has 4 heteroatoms. The van der Waals surface area contributed by atoms with Crippen molar-refractivity contribution in [1.82, 2.24) is 4.98 Å². The molecule has 4 nitrogen and oxygen atoms in total. The van der Waals surface area contributed by atoms with E-state index in [4.69, 9.17) is 4.74 Å². The molecule has 2 aromatic rings. The van der Waals surface area contributed by atoms with Crippen molar-refractivity contribution < 1.29 is 14.6 Å². The number of aryl methyl sites for hydroxylation is 1. The van der Waals surface area contributed by atoms with Crippen molar-refractivity contribution in [2.45, 2.75) is 20.0 Å². The number of hydrogen-bond donors (Lipinski definition) is 1. The number of carbonyl (C=O) groups excluding carboxylic acids is 1. The Kier molecular flexibility index (Phi) is 5.44. The molecule has 0 amide bonds. The summed E-state index contributed by atoms with van der Waals surface area (Å²) in [4.78, 5) is 15.3. The van der Waals surface area contributed by atoms with E-state index in [1.807, 2.05) is 31.2 Å². The molecule has 114 valence electrons. The lowest BCUT2D eigenvalue weighted by Gasteiger charge is -2.14. The van der Waals surface area contributed by atoms with Gasteiger partial charge in [0.15, 0.2) is 0 Å². The average molecular weight is 297 g/mol. The van der Waals surface area contributed by atoms with Crippen LogP contribution in [0, 0.1) is 6.92 Å². The zero-order valence-electron chi connectivity index (χ0n) is 12.7. The number of pyridine rings is 1. The van der Waals surface area contributed by atoms with Gasteiger partial charge in [-0.15, -0.1) is 0 Å². The van der Waals surface area contributed by atoms with Gasteiger partial charge in [-0.25, -0.2) is 4.79 Å². The van der Waals surface area contributed by atoms with E-state index >= 15 is 0 Å². The van der Waals surface area contributed by atoms with Crippen LogP contribution in [-0.2, 0) is 9.53 Å². The van der Waals surface area contributed by atoms with Gasteiger partial charge in [0.05, 0.1) is 6.61 Å². The molecule has 0 saturated carbocycles. The predicted molar refractivity (Wildman–Crippen MR) is 85.1 cm³/mol. The highest BCUT2D eigenvalue weighted by Gasteiger charge is 2.12.